The molecule has 1 aromatic rings. The van der Waals surface area contributed by atoms with Gasteiger partial charge in [-0.1, -0.05) is 36.6 Å². The van der Waals surface area contributed by atoms with E-state index in [0.717, 1.165) is 50.6 Å². The van der Waals surface area contributed by atoms with Crippen LogP contribution in [0.25, 0.3) is 0 Å². The van der Waals surface area contributed by atoms with Crippen LogP contribution in [0.5, 0.6) is 0 Å². The van der Waals surface area contributed by atoms with Crippen molar-refractivity contribution in [2.45, 2.75) is 31.7 Å². The van der Waals surface area contributed by atoms with Gasteiger partial charge < -0.3 is 10.2 Å². The molecule has 1 amide bonds. The third-order valence-electron chi connectivity index (χ3n) is 4.88. The van der Waals surface area contributed by atoms with E-state index in [1.807, 2.05) is 18.2 Å². The number of carbonyl (C=O) groups excluding carboxylic acids is 1. The maximum absolute atomic E-state index is 12.7. The van der Waals surface area contributed by atoms with Gasteiger partial charge in [-0.15, -0.1) is 0 Å². The fourth-order valence-electron chi connectivity index (χ4n) is 3.57. The van der Waals surface area contributed by atoms with Gasteiger partial charge in [-0.25, -0.2) is 0 Å². The molecular formula is C18H26ClN3O. The number of hydrogen-bond donors (Lipinski definition) is 1. The number of nitrogens with one attached hydrogen (secondary N) is 1. The standard InChI is InChI=1S/C18H26ClN3O/c19-16-7-5-6-15(12-16)17-13-20-8-11-22(17)14-18(23)21-9-3-1-2-4-10-21/h5-7,12,17,20H,1-4,8-11,13-14H2. The maximum atomic E-state index is 12.7. The first-order valence-corrected chi connectivity index (χ1v) is 9.10. The molecule has 2 saturated heterocycles. The lowest BCUT2D eigenvalue weighted by Crippen LogP contribution is -2.50. The molecule has 0 aromatic heterocycles. The number of likely N-dealkylation sites (tertiary alicyclic amines) is 1. The van der Waals surface area contributed by atoms with Crippen LogP contribution in [0.15, 0.2) is 24.3 Å². The van der Waals surface area contributed by atoms with Gasteiger partial charge >= 0.3 is 0 Å². The number of halogens is 1. The largest absolute Gasteiger partial charge is 0.342 e. The van der Waals surface area contributed by atoms with Crippen LogP contribution in [0, 0.1) is 0 Å². The Balaban J connectivity index is 1.67. The van der Waals surface area contributed by atoms with E-state index in [0.29, 0.717) is 6.54 Å². The number of benzene rings is 1. The van der Waals surface area contributed by atoms with Crippen LogP contribution in [0.1, 0.15) is 37.3 Å². The van der Waals surface area contributed by atoms with E-state index in [2.05, 4.69) is 21.2 Å². The highest BCUT2D eigenvalue weighted by atomic mass is 35.5. The Hall–Kier alpha value is -1.10. The zero-order valence-electron chi connectivity index (χ0n) is 13.6. The third kappa shape index (κ3) is 4.46. The summed E-state index contributed by atoms with van der Waals surface area (Å²) in [6, 6.07) is 8.23. The molecule has 0 spiro atoms. The van der Waals surface area contributed by atoms with E-state index < -0.39 is 0 Å². The second-order valence-electron chi connectivity index (χ2n) is 6.54. The molecular weight excluding hydrogens is 310 g/mol. The number of rotatable bonds is 3. The predicted molar refractivity (Wildman–Crippen MR) is 93.7 cm³/mol. The molecule has 5 heteroatoms. The third-order valence-corrected chi connectivity index (χ3v) is 5.12. The van der Waals surface area contributed by atoms with Crippen LogP contribution in [-0.2, 0) is 4.79 Å². The van der Waals surface area contributed by atoms with Crippen LogP contribution in [0.3, 0.4) is 0 Å². The number of amides is 1. The van der Waals surface area contributed by atoms with Crippen LogP contribution in [0.4, 0.5) is 0 Å². The monoisotopic (exact) mass is 335 g/mol. The molecule has 4 nitrogen and oxygen atoms in total. The number of carbonyl (C=O) groups is 1. The molecule has 23 heavy (non-hydrogen) atoms. The lowest BCUT2D eigenvalue weighted by molar-refractivity contribution is -0.133. The summed E-state index contributed by atoms with van der Waals surface area (Å²) >= 11 is 6.14. The van der Waals surface area contributed by atoms with Crippen molar-refractivity contribution in [1.82, 2.24) is 15.1 Å². The van der Waals surface area contributed by atoms with Gasteiger partial charge in [-0.2, -0.15) is 0 Å². The van der Waals surface area contributed by atoms with E-state index >= 15 is 0 Å². The molecule has 126 valence electrons. The van der Waals surface area contributed by atoms with Gasteiger partial charge in [0.2, 0.25) is 5.91 Å². The summed E-state index contributed by atoms with van der Waals surface area (Å²) in [4.78, 5) is 17.1. The number of nitrogens with zero attached hydrogens (tertiary/aromatic N) is 2. The predicted octanol–water partition coefficient (Wildman–Crippen LogP) is 2.69. The smallest absolute Gasteiger partial charge is 0.236 e. The van der Waals surface area contributed by atoms with Gasteiger partial charge in [0.05, 0.1) is 6.54 Å². The lowest BCUT2D eigenvalue weighted by Gasteiger charge is -2.37. The van der Waals surface area contributed by atoms with Crippen LogP contribution in [0.2, 0.25) is 5.02 Å². The van der Waals surface area contributed by atoms with Gasteiger partial charge in [-0.05, 0) is 30.5 Å². The zero-order chi connectivity index (χ0) is 16.1. The molecule has 3 rings (SSSR count). The van der Waals surface area contributed by atoms with Crippen molar-refractivity contribution < 1.29 is 4.79 Å². The maximum Gasteiger partial charge on any atom is 0.236 e. The van der Waals surface area contributed by atoms with Crippen molar-refractivity contribution in [3.05, 3.63) is 34.9 Å². The average molecular weight is 336 g/mol. The molecule has 1 atom stereocenters. The Morgan fingerprint density at radius 2 is 1.96 bits per heavy atom. The van der Waals surface area contributed by atoms with Crippen molar-refractivity contribution in [1.29, 1.82) is 0 Å². The van der Waals surface area contributed by atoms with E-state index in [9.17, 15) is 4.79 Å². The molecule has 2 heterocycles. The lowest BCUT2D eigenvalue weighted by atomic mass is 10.0. The summed E-state index contributed by atoms with van der Waals surface area (Å²) in [6.45, 7) is 5.06. The first-order chi connectivity index (χ1) is 11.2. The van der Waals surface area contributed by atoms with Crippen molar-refractivity contribution in [3.63, 3.8) is 0 Å². The minimum absolute atomic E-state index is 0.221. The molecule has 2 aliphatic rings. The minimum atomic E-state index is 0.221. The molecule has 2 fully saturated rings. The van der Waals surface area contributed by atoms with Crippen LogP contribution in [-0.4, -0.2) is 55.0 Å². The van der Waals surface area contributed by atoms with Crippen molar-refractivity contribution in [3.8, 4) is 0 Å². The normalized spacial score (nSPS) is 23.5. The topological polar surface area (TPSA) is 35.6 Å². The van der Waals surface area contributed by atoms with Crippen molar-refractivity contribution in [2.24, 2.45) is 0 Å². The number of hydrogen-bond acceptors (Lipinski definition) is 3. The Bertz CT molecular complexity index is 529. The zero-order valence-corrected chi connectivity index (χ0v) is 14.4. The van der Waals surface area contributed by atoms with E-state index in [1.165, 1.54) is 18.4 Å². The summed E-state index contributed by atoms with van der Waals surface area (Å²) < 4.78 is 0. The Morgan fingerprint density at radius 3 is 2.70 bits per heavy atom. The highest BCUT2D eigenvalue weighted by Crippen LogP contribution is 2.24. The molecule has 1 unspecified atom stereocenters. The SMILES string of the molecule is O=C(CN1CCNCC1c1cccc(Cl)c1)N1CCCCCC1. The van der Waals surface area contributed by atoms with E-state index in [1.54, 1.807) is 0 Å². The highest BCUT2D eigenvalue weighted by molar-refractivity contribution is 6.30. The summed E-state index contributed by atoms with van der Waals surface area (Å²) in [6.07, 6.45) is 4.79. The number of piperazine rings is 1. The van der Waals surface area contributed by atoms with Gasteiger partial charge in [0, 0.05) is 43.8 Å². The fourth-order valence-corrected chi connectivity index (χ4v) is 3.77. The van der Waals surface area contributed by atoms with E-state index in [-0.39, 0.29) is 11.9 Å². The Labute approximate surface area is 143 Å². The molecule has 1 N–H and O–H groups in total. The summed E-state index contributed by atoms with van der Waals surface area (Å²) in [5.41, 5.74) is 1.19. The van der Waals surface area contributed by atoms with Crippen molar-refractivity contribution >= 4 is 17.5 Å². The first-order valence-electron chi connectivity index (χ1n) is 8.72. The van der Waals surface area contributed by atoms with Crippen LogP contribution >= 0.6 is 11.6 Å². The highest BCUT2D eigenvalue weighted by Gasteiger charge is 2.27. The van der Waals surface area contributed by atoms with Crippen molar-refractivity contribution in [2.75, 3.05) is 39.3 Å². The van der Waals surface area contributed by atoms with Gasteiger partial charge in [0.25, 0.3) is 0 Å². The molecule has 0 aliphatic carbocycles. The Kier molecular flexibility index (Phi) is 5.92. The summed E-state index contributed by atoms with van der Waals surface area (Å²) in [7, 11) is 0. The average Bonchev–Trinajstić information content (AvgIpc) is 2.85. The molecule has 0 radical (unpaired) electrons. The quantitative estimate of drug-likeness (QED) is 0.922. The summed E-state index contributed by atoms with van der Waals surface area (Å²) in [5.74, 6) is 0.279. The molecule has 0 saturated carbocycles. The Morgan fingerprint density at radius 1 is 1.17 bits per heavy atom. The van der Waals surface area contributed by atoms with E-state index in [4.69, 9.17) is 11.6 Å². The second-order valence-corrected chi connectivity index (χ2v) is 6.98. The van der Waals surface area contributed by atoms with Gasteiger partial charge in [0.15, 0.2) is 0 Å². The first kappa shape index (κ1) is 16.7. The molecule has 1 aromatic carbocycles. The molecule has 0 bridgehead atoms. The van der Waals surface area contributed by atoms with Gasteiger partial charge in [0.1, 0.15) is 0 Å². The summed E-state index contributed by atoms with van der Waals surface area (Å²) in [5, 5.41) is 4.19. The fraction of sp³-hybridized carbons (Fsp3) is 0.611. The minimum Gasteiger partial charge on any atom is -0.342 e. The van der Waals surface area contributed by atoms with Crippen LogP contribution < -0.4 is 5.32 Å². The second kappa shape index (κ2) is 8.13. The molecule has 2 aliphatic heterocycles. The van der Waals surface area contributed by atoms with Gasteiger partial charge in [-0.3, -0.25) is 9.69 Å².